The van der Waals surface area contributed by atoms with Gasteiger partial charge in [0.15, 0.2) is 11.9 Å². The number of rotatable bonds is 2. The minimum Gasteiger partial charge on any atom is -0.394 e. The molecule has 0 aromatic carbocycles. The molecule has 1 aliphatic heterocycles. The molecule has 1 fully saturated rings. The van der Waals surface area contributed by atoms with Crippen molar-refractivity contribution in [1.82, 2.24) is 9.55 Å². The predicted molar refractivity (Wildman–Crippen MR) is 57.8 cm³/mol. The van der Waals surface area contributed by atoms with Gasteiger partial charge in [-0.05, 0) is 6.92 Å². The maximum Gasteiger partial charge on any atom is 0.330 e. The minimum atomic E-state index is -1.90. The minimum absolute atomic E-state index is 0.574. The van der Waals surface area contributed by atoms with Gasteiger partial charge >= 0.3 is 5.69 Å². The van der Waals surface area contributed by atoms with E-state index < -0.39 is 42.0 Å². The zero-order valence-electron chi connectivity index (χ0n) is 9.54. The van der Waals surface area contributed by atoms with Crippen LogP contribution in [0, 0.1) is 0 Å². The summed E-state index contributed by atoms with van der Waals surface area (Å²) in [5.74, 6) is 0. The van der Waals surface area contributed by atoms with E-state index in [9.17, 15) is 19.1 Å². The fraction of sp³-hybridized carbons (Fsp3) is 0.600. The molecule has 3 N–H and O–H groups in total. The van der Waals surface area contributed by atoms with Crippen LogP contribution in [-0.4, -0.2) is 44.8 Å². The van der Waals surface area contributed by atoms with Gasteiger partial charge in [-0.3, -0.25) is 14.3 Å². The highest BCUT2D eigenvalue weighted by Gasteiger charge is 2.54. The fourth-order valence-electron chi connectivity index (χ4n) is 2.05. The summed E-state index contributed by atoms with van der Waals surface area (Å²) in [6.07, 6.45) is -3.49. The number of H-pyrrole nitrogens is 1. The molecule has 7 nitrogen and oxygen atoms in total. The molecule has 1 aromatic heterocycles. The summed E-state index contributed by atoms with van der Waals surface area (Å²) in [5, 5.41) is 18.5. The fourth-order valence-corrected chi connectivity index (χ4v) is 2.05. The van der Waals surface area contributed by atoms with Crippen LogP contribution in [0.1, 0.15) is 6.92 Å². The van der Waals surface area contributed by atoms with E-state index in [0.29, 0.717) is 0 Å². The van der Waals surface area contributed by atoms with E-state index in [2.05, 4.69) is 0 Å². The summed E-state index contributed by atoms with van der Waals surface area (Å²) < 4.78 is 20.1. The van der Waals surface area contributed by atoms with E-state index in [0.717, 1.165) is 16.8 Å². The largest absolute Gasteiger partial charge is 0.394 e. The SMILES string of the molecule is C[C@@]1(n2ccc(=O)[nH]c2=O)O[C@H](CO)[C@@H](O)[C@H]1F. The Labute approximate surface area is 100 Å². The monoisotopic (exact) mass is 260 g/mol. The Morgan fingerprint density at radius 1 is 1.61 bits per heavy atom. The average molecular weight is 260 g/mol. The van der Waals surface area contributed by atoms with E-state index in [1.165, 1.54) is 6.92 Å². The summed E-state index contributed by atoms with van der Waals surface area (Å²) in [7, 11) is 0. The van der Waals surface area contributed by atoms with Crippen molar-refractivity contribution in [3.05, 3.63) is 33.1 Å². The molecule has 0 saturated carbocycles. The van der Waals surface area contributed by atoms with Gasteiger partial charge in [0.05, 0.1) is 6.61 Å². The Bertz CT molecular complexity index is 556. The van der Waals surface area contributed by atoms with Crippen LogP contribution < -0.4 is 11.2 Å². The van der Waals surface area contributed by atoms with Crippen LogP contribution in [0.4, 0.5) is 4.39 Å². The first kappa shape index (κ1) is 12.9. The summed E-state index contributed by atoms with van der Waals surface area (Å²) in [6, 6.07) is 1.04. The molecule has 1 aromatic rings. The summed E-state index contributed by atoms with van der Waals surface area (Å²) in [6.45, 7) is 0.686. The normalized spacial score (nSPS) is 35.9. The highest BCUT2D eigenvalue weighted by atomic mass is 19.1. The molecule has 100 valence electrons. The maximum atomic E-state index is 14.0. The van der Waals surface area contributed by atoms with Crippen molar-refractivity contribution in [3.8, 4) is 0 Å². The predicted octanol–water partition coefficient (Wildman–Crippen LogP) is -1.70. The lowest BCUT2D eigenvalue weighted by atomic mass is 10.1. The zero-order valence-corrected chi connectivity index (χ0v) is 9.54. The molecule has 18 heavy (non-hydrogen) atoms. The van der Waals surface area contributed by atoms with Crippen LogP contribution >= 0.6 is 0 Å². The van der Waals surface area contributed by atoms with Gasteiger partial charge in [0.1, 0.15) is 12.2 Å². The van der Waals surface area contributed by atoms with E-state index >= 15 is 0 Å². The third kappa shape index (κ3) is 1.78. The van der Waals surface area contributed by atoms with E-state index in [4.69, 9.17) is 9.84 Å². The van der Waals surface area contributed by atoms with Gasteiger partial charge in [0.25, 0.3) is 5.56 Å². The van der Waals surface area contributed by atoms with Gasteiger partial charge in [-0.2, -0.15) is 0 Å². The molecule has 2 rings (SSSR count). The molecule has 0 amide bonds. The Morgan fingerprint density at radius 2 is 2.28 bits per heavy atom. The van der Waals surface area contributed by atoms with Gasteiger partial charge < -0.3 is 14.9 Å². The molecule has 0 spiro atoms. The topological polar surface area (TPSA) is 105 Å². The van der Waals surface area contributed by atoms with E-state index in [1.54, 1.807) is 0 Å². The lowest BCUT2D eigenvalue weighted by Gasteiger charge is -2.28. The molecule has 0 bridgehead atoms. The summed E-state index contributed by atoms with van der Waals surface area (Å²) in [5.41, 5.74) is -3.24. The molecule has 0 unspecified atom stereocenters. The van der Waals surface area contributed by atoms with Crippen molar-refractivity contribution in [1.29, 1.82) is 0 Å². The third-order valence-corrected chi connectivity index (χ3v) is 3.06. The number of aliphatic hydroxyl groups excluding tert-OH is 2. The van der Waals surface area contributed by atoms with E-state index in [1.807, 2.05) is 4.98 Å². The first-order valence-corrected chi connectivity index (χ1v) is 5.33. The number of nitrogens with one attached hydrogen (secondary N) is 1. The second-order valence-corrected chi connectivity index (χ2v) is 4.27. The van der Waals surface area contributed by atoms with Crippen LogP contribution in [0.15, 0.2) is 21.9 Å². The van der Waals surface area contributed by atoms with Crippen molar-refractivity contribution < 1.29 is 19.3 Å². The highest BCUT2D eigenvalue weighted by Crippen LogP contribution is 2.36. The first-order chi connectivity index (χ1) is 8.40. The average Bonchev–Trinajstić information content (AvgIpc) is 2.54. The smallest absolute Gasteiger partial charge is 0.330 e. The Morgan fingerprint density at radius 3 is 2.78 bits per heavy atom. The first-order valence-electron chi connectivity index (χ1n) is 5.33. The van der Waals surface area contributed by atoms with Crippen molar-refractivity contribution in [2.75, 3.05) is 6.61 Å². The second kappa shape index (κ2) is 4.30. The van der Waals surface area contributed by atoms with Crippen LogP contribution in [0.3, 0.4) is 0 Å². The number of hydrogen-bond donors (Lipinski definition) is 3. The molecule has 4 atom stereocenters. The molecule has 2 heterocycles. The van der Waals surface area contributed by atoms with Crippen LogP contribution in [0.25, 0.3) is 0 Å². The number of halogens is 1. The van der Waals surface area contributed by atoms with Crippen molar-refractivity contribution in [3.63, 3.8) is 0 Å². The van der Waals surface area contributed by atoms with Crippen LogP contribution in [0.2, 0.25) is 0 Å². The zero-order chi connectivity index (χ0) is 13.5. The lowest BCUT2D eigenvalue weighted by Crippen LogP contribution is -2.47. The van der Waals surface area contributed by atoms with Gasteiger partial charge in [-0.1, -0.05) is 0 Å². The molecular formula is C10H13FN2O5. The number of aliphatic hydroxyl groups is 2. The van der Waals surface area contributed by atoms with E-state index in [-0.39, 0.29) is 0 Å². The second-order valence-electron chi connectivity index (χ2n) is 4.27. The standard InChI is InChI=1S/C10H13FN2O5/c1-10(8(11)7(16)5(4-14)18-10)13-3-2-6(15)12-9(13)17/h2-3,5,7-8,14,16H,4H2,1H3,(H,12,15,17)/t5-,7-,8-,10-/m1/s1. The quantitative estimate of drug-likeness (QED) is 0.588. The summed E-state index contributed by atoms with van der Waals surface area (Å²) >= 11 is 0. The Kier molecular flexibility index (Phi) is 3.09. The third-order valence-electron chi connectivity index (χ3n) is 3.06. The number of aromatic amines is 1. The van der Waals surface area contributed by atoms with Crippen molar-refractivity contribution in [2.45, 2.75) is 31.0 Å². The number of nitrogens with zero attached hydrogens (tertiary/aromatic N) is 1. The maximum absolute atomic E-state index is 14.0. The number of aromatic nitrogens is 2. The highest BCUT2D eigenvalue weighted by molar-refractivity contribution is 4.99. The summed E-state index contributed by atoms with van der Waals surface area (Å²) in [4.78, 5) is 24.5. The Hall–Kier alpha value is -1.51. The van der Waals surface area contributed by atoms with Gasteiger partial charge in [0, 0.05) is 12.3 Å². The van der Waals surface area contributed by atoms with Crippen molar-refractivity contribution >= 4 is 0 Å². The molecule has 8 heteroatoms. The number of hydrogen-bond acceptors (Lipinski definition) is 5. The Balaban J connectivity index is 2.49. The molecular weight excluding hydrogens is 247 g/mol. The number of alkyl halides is 1. The molecule has 1 aliphatic rings. The van der Waals surface area contributed by atoms with Crippen molar-refractivity contribution in [2.24, 2.45) is 0 Å². The lowest BCUT2D eigenvalue weighted by molar-refractivity contribution is -0.123. The van der Waals surface area contributed by atoms with Gasteiger partial charge in [-0.15, -0.1) is 0 Å². The molecule has 0 aliphatic carbocycles. The van der Waals surface area contributed by atoms with Crippen LogP contribution in [-0.2, 0) is 10.5 Å². The van der Waals surface area contributed by atoms with Gasteiger partial charge in [-0.25, -0.2) is 9.18 Å². The van der Waals surface area contributed by atoms with Gasteiger partial charge in [0.2, 0.25) is 0 Å². The molecule has 0 radical (unpaired) electrons. The molecule has 1 saturated heterocycles. The number of ether oxygens (including phenoxy) is 1. The van der Waals surface area contributed by atoms with Crippen LogP contribution in [0.5, 0.6) is 0 Å².